The number of anilines is 1. The Labute approximate surface area is 125 Å². The van der Waals surface area contributed by atoms with Crippen LogP contribution >= 0.6 is 22.9 Å². The molecule has 0 bridgehead atoms. The third-order valence-corrected chi connectivity index (χ3v) is 4.30. The van der Waals surface area contributed by atoms with Crippen molar-refractivity contribution in [2.45, 2.75) is 19.9 Å². The van der Waals surface area contributed by atoms with Crippen molar-refractivity contribution in [2.75, 3.05) is 11.9 Å². The third-order valence-electron chi connectivity index (χ3n) is 2.96. The second-order valence-electron chi connectivity index (χ2n) is 4.32. The molecule has 0 amide bonds. The van der Waals surface area contributed by atoms with E-state index in [9.17, 15) is 0 Å². The fourth-order valence-electron chi connectivity index (χ4n) is 1.98. The molecule has 3 aromatic heterocycles. The van der Waals surface area contributed by atoms with Gasteiger partial charge in [-0.05, 0) is 30.2 Å². The molecule has 0 spiro atoms. The van der Waals surface area contributed by atoms with Gasteiger partial charge in [-0.3, -0.25) is 4.68 Å². The second kappa shape index (κ2) is 5.76. The maximum absolute atomic E-state index is 5.98. The van der Waals surface area contributed by atoms with Gasteiger partial charge in [0.05, 0.1) is 11.9 Å². The zero-order valence-electron chi connectivity index (χ0n) is 11.0. The van der Waals surface area contributed by atoms with E-state index in [0.717, 1.165) is 35.5 Å². The standard InChI is InChI=1S/C13H14ClN5S/c1-2-9-8-10-11(17-13(14)18-12(10)20-9)15-5-7-19-6-3-4-16-19/h3-4,6,8H,2,5,7H2,1H3,(H,15,17,18). The molecule has 3 heterocycles. The van der Waals surface area contributed by atoms with Crippen molar-refractivity contribution in [2.24, 2.45) is 0 Å². The van der Waals surface area contributed by atoms with Crippen molar-refractivity contribution < 1.29 is 0 Å². The molecule has 0 saturated carbocycles. The van der Waals surface area contributed by atoms with E-state index in [4.69, 9.17) is 11.6 Å². The lowest BCUT2D eigenvalue weighted by atomic mass is 10.3. The van der Waals surface area contributed by atoms with Gasteiger partial charge in [-0.25, -0.2) is 9.97 Å². The van der Waals surface area contributed by atoms with Crippen LogP contribution < -0.4 is 5.32 Å². The van der Waals surface area contributed by atoms with E-state index in [-0.39, 0.29) is 5.28 Å². The molecule has 0 aromatic carbocycles. The van der Waals surface area contributed by atoms with Crippen LogP contribution in [0, 0.1) is 0 Å². The summed E-state index contributed by atoms with van der Waals surface area (Å²) in [5.41, 5.74) is 0. The molecule has 3 rings (SSSR count). The number of nitrogens with one attached hydrogen (secondary N) is 1. The topological polar surface area (TPSA) is 55.6 Å². The van der Waals surface area contributed by atoms with Crippen molar-refractivity contribution in [3.8, 4) is 0 Å². The van der Waals surface area contributed by atoms with E-state index in [1.807, 2.05) is 16.9 Å². The number of fused-ring (bicyclic) bond motifs is 1. The largest absolute Gasteiger partial charge is 0.368 e. The van der Waals surface area contributed by atoms with Gasteiger partial charge in [0, 0.05) is 23.8 Å². The highest BCUT2D eigenvalue weighted by Crippen LogP contribution is 2.30. The Morgan fingerprint density at radius 2 is 2.30 bits per heavy atom. The van der Waals surface area contributed by atoms with Gasteiger partial charge in [0.2, 0.25) is 5.28 Å². The minimum Gasteiger partial charge on any atom is -0.368 e. The Morgan fingerprint density at radius 1 is 1.40 bits per heavy atom. The lowest BCUT2D eigenvalue weighted by molar-refractivity contribution is 0.637. The predicted molar refractivity (Wildman–Crippen MR) is 82.5 cm³/mol. The van der Waals surface area contributed by atoms with Gasteiger partial charge >= 0.3 is 0 Å². The minimum absolute atomic E-state index is 0.281. The van der Waals surface area contributed by atoms with Gasteiger partial charge in [-0.2, -0.15) is 5.10 Å². The number of aryl methyl sites for hydroxylation is 1. The average molecular weight is 308 g/mol. The molecule has 104 valence electrons. The molecule has 7 heteroatoms. The first-order valence-corrected chi connectivity index (χ1v) is 7.63. The van der Waals surface area contributed by atoms with Crippen LogP contribution in [-0.4, -0.2) is 26.3 Å². The quantitative estimate of drug-likeness (QED) is 0.735. The van der Waals surface area contributed by atoms with Gasteiger partial charge in [-0.15, -0.1) is 11.3 Å². The number of rotatable bonds is 5. The van der Waals surface area contributed by atoms with Gasteiger partial charge in [0.1, 0.15) is 10.6 Å². The van der Waals surface area contributed by atoms with E-state index in [2.05, 4.69) is 33.4 Å². The first-order valence-electron chi connectivity index (χ1n) is 6.43. The first kappa shape index (κ1) is 13.3. The number of thiophene rings is 1. The van der Waals surface area contributed by atoms with Crippen LogP contribution in [0.2, 0.25) is 5.28 Å². The Balaban J connectivity index is 1.80. The van der Waals surface area contributed by atoms with E-state index in [0.29, 0.717) is 0 Å². The molecule has 3 aromatic rings. The van der Waals surface area contributed by atoms with Crippen LogP contribution in [-0.2, 0) is 13.0 Å². The van der Waals surface area contributed by atoms with E-state index in [1.165, 1.54) is 4.88 Å². The fraction of sp³-hybridized carbons (Fsp3) is 0.308. The van der Waals surface area contributed by atoms with Gasteiger partial charge in [0.25, 0.3) is 0 Å². The maximum Gasteiger partial charge on any atom is 0.225 e. The Kier molecular flexibility index (Phi) is 3.84. The summed E-state index contributed by atoms with van der Waals surface area (Å²) >= 11 is 7.65. The molecule has 0 fully saturated rings. The summed E-state index contributed by atoms with van der Waals surface area (Å²) in [6, 6.07) is 4.04. The number of aromatic nitrogens is 4. The van der Waals surface area contributed by atoms with Crippen molar-refractivity contribution in [1.82, 2.24) is 19.7 Å². The Bertz CT molecular complexity index is 707. The van der Waals surface area contributed by atoms with Crippen LogP contribution in [0.15, 0.2) is 24.5 Å². The molecule has 0 radical (unpaired) electrons. The lowest BCUT2D eigenvalue weighted by Crippen LogP contribution is -2.12. The summed E-state index contributed by atoms with van der Waals surface area (Å²) in [6.07, 6.45) is 4.70. The molecule has 1 N–H and O–H groups in total. The highest BCUT2D eigenvalue weighted by atomic mass is 35.5. The smallest absolute Gasteiger partial charge is 0.225 e. The van der Waals surface area contributed by atoms with E-state index < -0.39 is 0 Å². The minimum atomic E-state index is 0.281. The molecule has 0 saturated heterocycles. The highest BCUT2D eigenvalue weighted by Gasteiger charge is 2.10. The van der Waals surface area contributed by atoms with Gasteiger partial charge < -0.3 is 5.32 Å². The van der Waals surface area contributed by atoms with Crippen LogP contribution in [0.1, 0.15) is 11.8 Å². The molecule has 0 atom stereocenters. The molecular formula is C13H14ClN5S. The number of halogens is 1. The Morgan fingerprint density at radius 3 is 3.05 bits per heavy atom. The average Bonchev–Trinajstić information content (AvgIpc) is 3.06. The van der Waals surface area contributed by atoms with Crippen molar-refractivity contribution in [3.63, 3.8) is 0 Å². The lowest BCUT2D eigenvalue weighted by Gasteiger charge is -2.07. The van der Waals surface area contributed by atoms with Crippen LogP contribution in [0.3, 0.4) is 0 Å². The van der Waals surface area contributed by atoms with E-state index >= 15 is 0 Å². The monoisotopic (exact) mass is 307 g/mol. The number of hydrogen-bond acceptors (Lipinski definition) is 5. The maximum atomic E-state index is 5.98. The molecular weight excluding hydrogens is 294 g/mol. The van der Waals surface area contributed by atoms with Crippen molar-refractivity contribution >= 4 is 39.0 Å². The normalized spacial score (nSPS) is 11.1. The van der Waals surface area contributed by atoms with Crippen LogP contribution in [0.5, 0.6) is 0 Å². The summed E-state index contributed by atoms with van der Waals surface area (Å²) in [5, 5.41) is 8.80. The summed E-state index contributed by atoms with van der Waals surface area (Å²) in [5.74, 6) is 0.795. The first-order chi connectivity index (χ1) is 9.76. The number of nitrogens with zero attached hydrogens (tertiary/aromatic N) is 4. The molecule has 0 aliphatic rings. The zero-order valence-corrected chi connectivity index (χ0v) is 12.6. The summed E-state index contributed by atoms with van der Waals surface area (Å²) in [7, 11) is 0. The highest BCUT2D eigenvalue weighted by molar-refractivity contribution is 7.18. The van der Waals surface area contributed by atoms with Gasteiger partial charge in [-0.1, -0.05) is 6.92 Å². The SMILES string of the molecule is CCc1cc2c(NCCn3cccn3)nc(Cl)nc2s1. The van der Waals surface area contributed by atoms with Crippen molar-refractivity contribution in [1.29, 1.82) is 0 Å². The summed E-state index contributed by atoms with van der Waals surface area (Å²) < 4.78 is 1.87. The predicted octanol–water partition coefficient (Wildman–Crippen LogP) is 3.22. The second-order valence-corrected chi connectivity index (χ2v) is 5.78. The van der Waals surface area contributed by atoms with Crippen LogP contribution in [0.4, 0.5) is 5.82 Å². The van der Waals surface area contributed by atoms with E-state index in [1.54, 1.807) is 17.5 Å². The van der Waals surface area contributed by atoms with Crippen LogP contribution in [0.25, 0.3) is 10.2 Å². The summed E-state index contributed by atoms with van der Waals surface area (Å²) in [4.78, 5) is 10.8. The molecule has 0 unspecified atom stereocenters. The van der Waals surface area contributed by atoms with Gasteiger partial charge in [0.15, 0.2) is 0 Å². The third kappa shape index (κ3) is 2.76. The molecule has 5 nitrogen and oxygen atoms in total. The zero-order chi connectivity index (χ0) is 13.9. The number of hydrogen-bond donors (Lipinski definition) is 1. The molecule has 20 heavy (non-hydrogen) atoms. The molecule has 0 aliphatic heterocycles. The van der Waals surface area contributed by atoms with Crippen molar-refractivity contribution in [3.05, 3.63) is 34.7 Å². The molecule has 0 aliphatic carbocycles. The summed E-state index contributed by atoms with van der Waals surface area (Å²) in [6.45, 7) is 3.65. The fourth-order valence-corrected chi connectivity index (χ4v) is 3.16. The Hall–Kier alpha value is -1.66.